The highest BCUT2D eigenvalue weighted by Gasteiger charge is 2.13. The number of nitrogens with one attached hydrogen (secondary N) is 1. The summed E-state index contributed by atoms with van der Waals surface area (Å²) >= 11 is 0. The molecule has 1 N–H and O–H groups in total. The van der Waals surface area contributed by atoms with Crippen molar-refractivity contribution in [2.45, 2.75) is 6.54 Å². The summed E-state index contributed by atoms with van der Waals surface area (Å²) in [7, 11) is 3.10. The third-order valence-electron chi connectivity index (χ3n) is 3.82. The van der Waals surface area contributed by atoms with Gasteiger partial charge in [0, 0.05) is 12.1 Å². The molecule has 0 unspecified atom stereocenters. The number of hydrogen-bond donors (Lipinski definition) is 1. The van der Waals surface area contributed by atoms with E-state index in [0.717, 1.165) is 5.56 Å². The molecule has 1 heterocycles. The van der Waals surface area contributed by atoms with Crippen LogP contribution < -0.4 is 24.3 Å². The molecule has 0 radical (unpaired) electrons. The lowest BCUT2D eigenvalue weighted by molar-refractivity contribution is -0.125. The van der Waals surface area contributed by atoms with Crippen LogP contribution in [0, 0.1) is 0 Å². The minimum absolute atomic E-state index is 0.201. The summed E-state index contributed by atoms with van der Waals surface area (Å²) in [5.74, 6) is 2.22. The van der Waals surface area contributed by atoms with E-state index in [0.29, 0.717) is 35.1 Å². The molecule has 27 heavy (non-hydrogen) atoms. The molecule has 1 aliphatic heterocycles. The van der Waals surface area contributed by atoms with Gasteiger partial charge in [-0.3, -0.25) is 4.79 Å². The van der Waals surface area contributed by atoms with Gasteiger partial charge in [0.1, 0.15) is 0 Å². The minimum atomic E-state index is -0.289. The molecule has 0 aromatic heterocycles. The van der Waals surface area contributed by atoms with Crippen molar-refractivity contribution in [1.29, 1.82) is 0 Å². The average Bonchev–Trinajstić information content (AvgIpc) is 3.17. The van der Waals surface area contributed by atoms with Gasteiger partial charge in [0.05, 0.1) is 20.4 Å². The standard InChI is InChI=1S/C19H20N2O6/c1-23-16-5-3-4-14(19(16)24-2)10-21-27-11-18(22)20-9-13-6-7-15-17(8-13)26-12-25-15/h3-8,10H,9,11-12H2,1-2H3,(H,20,22)/b21-10-. The van der Waals surface area contributed by atoms with E-state index in [1.54, 1.807) is 32.4 Å². The molecule has 2 aromatic rings. The van der Waals surface area contributed by atoms with Crippen molar-refractivity contribution >= 4 is 12.1 Å². The number of rotatable bonds is 8. The monoisotopic (exact) mass is 372 g/mol. The topological polar surface area (TPSA) is 87.6 Å². The van der Waals surface area contributed by atoms with E-state index in [2.05, 4.69) is 10.5 Å². The smallest absolute Gasteiger partial charge is 0.261 e. The number of amides is 1. The van der Waals surface area contributed by atoms with Crippen molar-refractivity contribution in [3.63, 3.8) is 0 Å². The van der Waals surface area contributed by atoms with Gasteiger partial charge in [-0.2, -0.15) is 0 Å². The van der Waals surface area contributed by atoms with Gasteiger partial charge in [0.2, 0.25) is 6.79 Å². The number of oxime groups is 1. The number of fused-ring (bicyclic) bond motifs is 1. The zero-order valence-corrected chi connectivity index (χ0v) is 15.1. The Labute approximate surface area is 156 Å². The maximum Gasteiger partial charge on any atom is 0.261 e. The van der Waals surface area contributed by atoms with Crippen LogP contribution in [0.1, 0.15) is 11.1 Å². The molecular formula is C19H20N2O6. The Hall–Kier alpha value is -3.42. The number of ether oxygens (including phenoxy) is 4. The Morgan fingerprint density at radius 3 is 2.85 bits per heavy atom. The first kappa shape index (κ1) is 18.4. The number of methoxy groups -OCH3 is 2. The summed E-state index contributed by atoms with van der Waals surface area (Å²) in [5, 5.41) is 6.56. The summed E-state index contributed by atoms with van der Waals surface area (Å²) < 4.78 is 21.1. The maximum atomic E-state index is 11.9. The van der Waals surface area contributed by atoms with E-state index < -0.39 is 0 Å². The van der Waals surface area contributed by atoms with Gasteiger partial charge in [-0.05, 0) is 29.8 Å². The van der Waals surface area contributed by atoms with Gasteiger partial charge < -0.3 is 29.1 Å². The van der Waals surface area contributed by atoms with Gasteiger partial charge >= 0.3 is 0 Å². The number of nitrogens with zero attached hydrogens (tertiary/aromatic N) is 1. The van der Waals surface area contributed by atoms with Crippen LogP contribution in [0.2, 0.25) is 0 Å². The van der Waals surface area contributed by atoms with Crippen molar-refractivity contribution < 1.29 is 28.6 Å². The lowest BCUT2D eigenvalue weighted by atomic mass is 10.2. The zero-order valence-electron chi connectivity index (χ0n) is 15.1. The second kappa shape index (κ2) is 8.79. The molecule has 0 fully saturated rings. The summed E-state index contributed by atoms with van der Waals surface area (Å²) in [5.41, 5.74) is 1.58. The number of hydrogen-bond acceptors (Lipinski definition) is 7. The molecule has 8 heteroatoms. The third-order valence-corrected chi connectivity index (χ3v) is 3.82. The molecule has 3 rings (SSSR count). The lowest BCUT2D eigenvalue weighted by Crippen LogP contribution is -2.26. The SMILES string of the molecule is COc1cccc(/C=N\OCC(=O)NCc2ccc3c(c2)OCO3)c1OC. The Morgan fingerprint density at radius 2 is 2.04 bits per heavy atom. The van der Waals surface area contributed by atoms with Gasteiger partial charge in [-0.1, -0.05) is 17.3 Å². The van der Waals surface area contributed by atoms with Crippen LogP contribution in [-0.4, -0.2) is 39.7 Å². The zero-order chi connectivity index (χ0) is 19.1. The molecular weight excluding hydrogens is 352 g/mol. The first-order valence-electron chi connectivity index (χ1n) is 8.23. The molecule has 0 atom stereocenters. The van der Waals surface area contributed by atoms with Crippen molar-refractivity contribution in [1.82, 2.24) is 5.32 Å². The van der Waals surface area contributed by atoms with E-state index in [1.807, 2.05) is 18.2 Å². The second-order valence-electron chi connectivity index (χ2n) is 5.56. The Balaban J connectivity index is 1.46. The molecule has 1 amide bonds. The van der Waals surface area contributed by atoms with Crippen LogP contribution in [0.4, 0.5) is 0 Å². The average molecular weight is 372 g/mol. The van der Waals surface area contributed by atoms with E-state index in [1.165, 1.54) is 6.21 Å². The fourth-order valence-corrected chi connectivity index (χ4v) is 2.51. The molecule has 2 aromatic carbocycles. The number of para-hydroxylation sites is 1. The number of benzene rings is 2. The maximum absolute atomic E-state index is 11.9. The normalized spacial score (nSPS) is 12.1. The van der Waals surface area contributed by atoms with Crippen molar-refractivity contribution in [2.24, 2.45) is 5.16 Å². The Kier molecular flexibility index (Phi) is 5.98. The van der Waals surface area contributed by atoms with E-state index in [4.69, 9.17) is 23.8 Å². The molecule has 0 saturated heterocycles. The van der Waals surface area contributed by atoms with E-state index in [9.17, 15) is 4.79 Å². The quantitative estimate of drug-likeness (QED) is 0.564. The first-order valence-corrected chi connectivity index (χ1v) is 8.23. The van der Waals surface area contributed by atoms with Crippen LogP contribution in [0.5, 0.6) is 23.0 Å². The molecule has 0 aliphatic carbocycles. The largest absolute Gasteiger partial charge is 0.493 e. The Bertz CT molecular complexity index is 837. The first-order chi connectivity index (χ1) is 13.2. The summed E-state index contributed by atoms with van der Waals surface area (Å²) in [6, 6.07) is 10.9. The predicted octanol–water partition coefficient (Wildman–Crippen LogP) is 2.10. The van der Waals surface area contributed by atoms with Gasteiger partial charge in [0.15, 0.2) is 29.6 Å². The highest BCUT2D eigenvalue weighted by atomic mass is 16.7. The van der Waals surface area contributed by atoms with Crippen molar-refractivity contribution in [2.75, 3.05) is 27.6 Å². The molecule has 0 saturated carbocycles. The predicted molar refractivity (Wildman–Crippen MR) is 97.5 cm³/mol. The van der Waals surface area contributed by atoms with Crippen LogP contribution in [0.3, 0.4) is 0 Å². The van der Waals surface area contributed by atoms with Gasteiger partial charge in [0.25, 0.3) is 5.91 Å². The summed E-state index contributed by atoms with van der Waals surface area (Å²) in [4.78, 5) is 16.9. The third kappa shape index (κ3) is 4.60. The fourth-order valence-electron chi connectivity index (χ4n) is 2.51. The highest BCUT2D eigenvalue weighted by molar-refractivity contribution is 5.84. The summed E-state index contributed by atoms with van der Waals surface area (Å²) in [6.45, 7) is 0.370. The second-order valence-corrected chi connectivity index (χ2v) is 5.56. The molecule has 142 valence electrons. The van der Waals surface area contributed by atoms with Gasteiger partial charge in [-0.15, -0.1) is 0 Å². The van der Waals surface area contributed by atoms with Crippen molar-refractivity contribution in [3.8, 4) is 23.0 Å². The lowest BCUT2D eigenvalue weighted by Gasteiger charge is -2.09. The van der Waals surface area contributed by atoms with Crippen LogP contribution in [0.25, 0.3) is 0 Å². The van der Waals surface area contributed by atoms with Gasteiger partial charge in [-0.25, -0.2) is 0 Å². The van der Waals surface area contributed by atoms with Crippen molar-refractivity contribution in [3.05, 3.63) is 47.5 Å². The van der Waals surface area contributed by atoms with Crippen LogP contribution >= 0.6 is 0 Å². The fraction of sp³-hybridized carbons (Fsp3) is 0.263. The molecule has 8 nitrogen and oxygen atoms in total. The molecule has 0 spiro atoms. The Morgan fingerprint density at radius 1 is 1.19 bits per heavy atom. The molecule has 0 bridgehead atoms. The van der Waals surface area contributed by atoms with E-state index >= 15 is 0 Å². The molecule has 1 aliphatic rings. The highest BCUT2D eigenvalue weighted by Crippen LogP contribution is 2.32. The van der Waals surface area contributed by atoms with Crippen LogP contribution in [-0.2, 0) is 16.2 Å². The van der Waals surface area contributed by atoms with E-state index in [-0.39, 0.29) is 19.3 Å². The minimum Gasteiger partial charge on any atom is -0.493 e. The van der Waals surface area contributed by atoms with Crippen LogP contribution in [0.15, 0.2) is 41.6 Å². The number of carbonyl (C=O) groups excluding carboxylic acids is 1. The number of carbonyl (C=O) groups is 1. The summed E-state index contributed by atoms with van der Waals surface area (Å²) in [6.07, 6.45) is 1.46.